The number of anilines is 1. The van der Waals surface area contributed by atoms with E-state index < -0.39 is 0 Å². The maximum absolute atomic E-state index is 7.36. The second-order valence-corrected chi connectivity index (χ2v) is 5.96. The van der Waals surface area contributed by atoms with Gasteiger partial charge >= 0.3 is 0 Å². The van der Waals surface area contributed by atoms with Crippen LogP contribution in [0, 0.1) is 5.41 Å². The van der Waals surface area contributed by atoms with Gasteiger partial charge < -0.3 is 10.6 Å². The van der Waals surface area contributed by atoms with Gasteiger partial charge in [0.1, 0.15) is 5.84 Å². The van der Waals surface area contributed by atoms with Crippen LogP contribution in [0.5, 0.6) is 0 Å². The first-order valence-corrected chi connectivity index (χ1v) is 7.12. The Morgan fingerprint density at radius 3 is 2.56 bits per heavy atom. The Kier molecular flexibility index (Phi) is 4.04. The number of rotatable bonds is 4. The van der Waals surface area contributed by atoms with E-state index >= 15 is 0 Å². The molecule has 94 valence electrons. The monoisotopic (exact) mass is 323 g/mol. The molecule has 0 aliphatic carbocycles. The van der Waals surface area contributed by atoms with Gasteiger partial charge in [-0.25, -0.2) is 0 Å². The van der Waals surface area contributed by atoms with Crippen LogP contribution >= 0.6 is 27.3 Å². The third-order valence-corrected chi connectivity index (χ3v) is 4.32. The van der Waals surface area contributed by atoms with Crippen molar-refractivity contribution >= 4 is 38.8 Å². The molecule has 5 heteroatoms. The van der Waals surface area contributed by atoms with Crippen molar-refractivity contribution in [1.29, 1.82) is 5.41 Å². The molecule has 1 aromatic carbocycles. The van der Waals surface area contributed by atoms with Crippen molar-refractivity contribution in [3.8, 4) is 0 Å². The number of nitrogen functional groups attached to an aromatic ring is 1. The van der Waals surface area contributed by atoms with Gasteiger partial charge in [0.25, 0.3) is 0 Å². The minimum absolute atomic E-state index is 0.103. The van der Waals surface area contributed by atoms with Gasteiger partial charge in [0.2, 0.25) is 0 Å². The summed E-state index contributed by atoms with van der Waals surface area (Å²) in [6.45, 7) is 0.871. The van der Waals surface area contributed by atoms with Crippen molar-refractivity contribution < 1.29 is 0 Å². The predicted molar refractivity (Wildman–Crippen MR) is 81.6 cm³/mol. The number of hydrogen-bond acceptors (Lipinski definition) is 3. The van der Waals surface area contributed by atoms with Gasteiger partial charge in [-0.2, -0.15) is 0 Å². The second kappa shape index (κ2) is 5.54. The molecule has 0 aliphatic heterocycles. The van der Waals surface area contributed by atoms with Crippen molar-refractivity contribution in [2.24, 2.45) is 5.73 Å². The molecule has 0 amide bonds. The fourth-order valence-electron chi connectivity index (χ4n) is 1.66. The van der Waals surface area contributed by atoms with Crippen molar-refractivity contribution in [3.63, 3.8) is 0 Å². The predicted octanol–water partition coefficient (Wildman–Crippen LogP) is 3.43. The molecule has 0 unspecified atom stereocenters. The topological polar surface area (TPSA) is 53.1 Å². The minimum atomic E-state index is 0.103. The molecule has 0 atom stereocenters. The highest BCUT2D eigenvalue weighted by atomic mass is 79.9. The average Bonchev–Trinajstić information content (AvgIpc) is 2.75. The molecule has 0 spiro atoms. The number of benzene rings is 1. The van der Waals surface area contributed by atoms with E-state index in [1.807, 2.05) is 24.3 Å². The van der Waals surface area contributed by atoms with E-state index in [0.717, 1.165) is 22.3 Å². The van der Waals surface area contributed by atoms with Crippen LogP contribution in [0.4, 0.5) is 5.69 Å². The summed E-state index contributed by atoms with van der Waals surface area (Å²) in [6, 6.07) is 9.85. The SMILES string of the molecule is CN(Cc1cc(Br)cs1)c1ccc(C(=N)N)cc1. The van der Waals surface area contributed by atoms with E-state index in [9.17, 15) is 0 Å². The van der Waals surface area contributed by atoms with Crippen LogP contribution in [0.1, 0.15) is 10.4 Å². The normalized spacial score (nSPS) is 10.3. The summed E-state index contributed by atoms with van der Waals surface area (Å²) in [5.74, 6) is 0.103. The highest BCUT2D eigenvalue weighted by Crippen LogP contribution is 2.23. The Morgan fingerprint density at radius 1 is 1.39 bits per heavy atom. The number of nitrogens with zero attached hydrogens (tertiary/aromatic N) is 1. The molecule has 0 bridgehead atoms. The quantitative estimate of drug-likeness (QED) is 0.669. The van der Waals surface area contributed by atoms with Crippen LogP contribution < -0.4 is 10.6 Å². The molecule has 0 radical (unpaired) electrons. The lowest BCUT2D eigenvalue weighted by atomic mass is 10.2. The smallest absolute Gasteiger partial charge is 0.122 e. The van der Waals surface area contributed by atoms with Crippen LogP contribution in [0.3, 0.4) is 0 Å². The van der Waals surface area contributed by atoms with Crippen LogP contribution in [-0.4, -0.2) is 12.9 Å². The van der Waals surface area contributed by atoms with Gasteiger partial charge in [-0.05, 0) is 46.3 Å². The molecule has 1 aromatic heterocycles. The Balaban J connectivity index is 2.09. The van der Waals surface area contributed by atoms with Crippen molar-refractivity contribution in [2.75, 3.05) is 11.9 Å². The number of thiophene rings is 1. The molecule has 2 aromatic rings. The highest BCUT2D eigenvalue weighted by Gasteiger charge is 2.05. The first kappa shape index (κ1) is 13.1. The standard InChI is InChI=1S/C13H14BrN3S/c1-17(7-12-6-10(14)8-18-12)11-4-2-9(3-5-11)13(15)16/h2-6,8H,7H2,1H3,(H3,15,16). The summed E-state index contributed by atoms with van der Waals surface area (Å²) < 4.78 is 1.13. The molecule has 2 rings (SSSR count). The molecule has 3 N–H and O–H groups in total. The fourth-order valence-corrected chi connectivity index (χ4v) is 3.16. The molecular weight excluding hydrogens is 310 g/mol. The number of amidine groups is 1. The summed E-state index contributed by atoms with van der Waals surface area (Å²) in [5, 5.41) is 9.44. The van der Waals surface area contributed by atoms with Crippen LogP contribution in [-0.2, 0) is 6.54 Å². The molecule has 18 heavy (non-hydrogen) atoms. The zero-order chi connectivity index (χ0) is 13.1. The maximum atomic E-state index is 7.36. The lowest BCUT2D eigenvalue weighted by Crippen LogP contribution is -2.16. The zero-order valence-electron chi connectivity index (χ0n) is 9.98. The molecule has 0 saturated carbocycles. The lowest BCUT2D eigenvalue weighted by molar-refractivity contribution is 0.940. The fraction of sp³-hybridized carbons (Fsp3) is 0.154. The summed E-state index contributed by atoms with van der Waals surface area (Å²) in [7, 11) is 2.05. The molecule has 0 aliphatic rings. The third kappa shape index (κ3) is 3.11. The largest absolute Gasteiger partial charge is 0.384 e. The summed E-state index contributed by atoms with van der Waals surface area (Å²) in [4.78, 5) is 3.47. The van der Waals surface area contributed by atoms with Crippen LogP contribution in [0.2, 0.25) is 0 Å². The Labute approximate surface area is 119 Å². The summed E-state index contributed by atoms with van der Waals surface area (Å²) >= 11 is 5.20. The zero-order valence-corrected chi connectivity index (χ0v) is 12.4. The Hall–Kier alpha value is -1.33. The second-order valence-electron chi connectivity index (χ2n) is 4.05. The maximum Gasteiger partial charge on any atom is 0.122 e. The van der Waals surface area contributed by atoms with Crippen molar-refractivity contribution in [3.05, 3.63) is 50.6 Å². The van der Waals surface area contributed by atoms with Gasteiger partial charge in [-0.3, -0.25) is 5.41 Å². The Bertz CT molecular complexity index is 548. The van der Waals surface area contributed by atoms with Gasteiger partial charge in [-0.1, -0.05) is 0 Å². The van der Waals surface area contributed by atoms with Crippen LogP contribution in [0.15, 0.2) is 40.2 Å². The molecule has 1 heterocycles. The first-order valence-electron chi connectivity index (χ1n) is 5.45. The Morgan fingerprint density at radius 2 is 2.06 bits per heavy atom. The number of nitrogens with two attached hydrogens (primary N) is 1. The van der Waals surface area contributed by atoms with E-state index in [1.165, 1.54) is 4.88 Å². The lowest BCUT2D eigenvalue weighted by Gasteiger charge is -2.18. The average molecular weight is 324 g/mol. The summed E-state index contributed by atoms with van der Waals surface area (Å²) in [5.41, 5.74) is 7.30. The molecule has 3 nitrogen and oxygen atoms in total. The molecule has 0 saturated heterocycles. The molecule has 0 fully saturated rings. The van der Waals surface area contributed by atoms with Crippen LogP contribution in [0.25, 0.3) is 0 Å². The number of hydrogen-bond donors (Lipinski definition) is 2. The van der Waals surface area contributed by atoms with E-state index in [1.54, 1.807) is 11.3 Å². The van der Waals surface area contributed by atoms with Gasteiger partial charge in [0, 0.05) is 33.0 Å². The van der Waals surface area contributed by atoms with E-state index in [-0.39, 0.29) is 5.84 Å². The number of halogens is 1. The highest BCUT2D eigenvalue weighted by molar-refractivity contribution is 9.10. The van der Waals surface area contributed by atoms with Gasteiger partial charge in [-0.15, -0.1) is 11.3 Å². The van der Waals surface area contributed by atoms with Gasteiger partial charge in [0.15, 0.2) is 0 Å². The van der Waals surface area contributed by atoms with Gasteiger partial charge in [0.05, 0.1) is 6.54 Å². The van der Waals surface area contributed by atoms with E-state index in [0.29, 0.717) is 0 Å². The minimum Gasteiger partial charge on any atom is -0.384 e. The molecular formula is C13H14BrN3S. The van der Waals surface area contributed by atoms with Crippen molar-refractivity contribution in [2.45, 2.75) is 6.54 Å². The summed E-state index contributed by atoms with van der Waals surface area (Å²) in [6.07, 6.45) is 0. The van der Waals surface area contributed by atoms with Crippen molar-refractivity contribution in [1.82, 2.24) is 0 Å². The number of nitrogens with one attached hydrogen (secondary N) is 1. The van der Waals surface area contributed by atoms with E-state index in [2.05, 4.69) is 39.3 Å². The first-order chi connectivity index (χ1) is 8.56. The van der Waals surface area contributed by atoms with E-state index in [4.69, 9.17) is 11.1 Å². The third-order valence-electron chi connectivity index (χ3n) is 2.63.